The predicted octanol–water partition coefficient (Wildman–Crippen LogP) is 8.96. The maximum absolute atomic E-state index is 11.1. The number of rotatable bonds is 14. The molecule has 0 heterocycles. The third kappa shape index (κ3) is 10.0. The Balaban J connectivity index is 0.000000343. The average Bonchev–Trinajstić information content (AvgIpc) is 3.17. The van der Waals surface area contributed by atoms with E-state index in [-0.39, 0.29) is 4.90 Å². The van der Waals surface area contributed by atoms with Gasteiger partial charge in [-0.15, -0.1) is 0 Å². The molecule has 0 radical (unpaired) electrons. The van der Waals surface area contributed by atoms with Crippen LogP contribution in [0.4, 0.5) is 0 Å². The van der Waals surface area contributed by atoms with Crippen LogP contribution in [-0.4, -0.2) is 28.3 Å². The summed E-state index contributed by atoms with van der Waals surface area (Å²) in [5.41, 5.74) is 3.75. The number of benzene rings is 6. The summed E-state index contributed by atoms with van der Waals surface area (Å²) in [5.74, 6) is 0.977. The fourth-order valence-corrected chi connectivity index (χ4v) is 11.0. The van der Waals surface area contributed by atoms with E-state index in [0.29, 0.717) is 0 Å². The van der Waals surface area contributed by atoms with Crippen LogP contribution in [0.3, 0.4) is 0 Å². The summed E-state index contributed by atoms with van der Waals surface area (Å²) in [6.07, 6.45) is 5.38. The Morgan fingerprint density at radius 2 is 1.04 bits per heavy atom. The minimum atomic E-state index is -3.51. The van der Waals surface area contributed by atoms with E-state index < -0.39 is 17.4 Å². The second-order valence-electron chi connectivity index (χ2n) is 12.2. The van der Waals surface area contributed by atoms with Crippen molar-refractivity contribution >= 4 is 33.3 Å². The van der Waals surface area contributed by atoms with Crippen molar-refractivity contribution in [3.05, 3.63) is 187 Å². The molecule has 0 aliphatic rings. The van der Waals surface area contributed by atoms with Gasteiger partial charge in [-0.3, -0.25) is 4.18 Å². The number of unbranched alkanes of at least 4 members (excludes halogenated alkanes) is 1. The standard InChI is InChI=1S/C36H36OP.C8H10O3S/c1-5-16-31(17-6-1)18-13-14-28-37-33-20-15-19-32(30-33)27-29-38(34-21-7-2-8-22-34,35-23-9-3-10-24-35)36-25-11-4-12-26-36;1-7-3-5-8(6-4-7)12(9,10)11-2/h1-12,15-17,19-26,30H,13-14,18,27-29H2;3-6H,1-2H3/q+1;. The van der Waals surface area contributed by atoms with Gasteiger partial charge in [0.2, 0.25) is 0 Å². The largest absolute Gasteiger partial charge is 0.494 e. The van der Waals surface area contributed by atoms with E-state index in [0.717, 1.165) is 56.9 Å². The van der Waals surface area contributed by atoms with Crippen LogP contribution in [0.2, 0.25) is 0 Å². The number of hydrogen-bond acceptors (Lipinski definition) is 4. The molecule has 0 bridgehead atoms. The van der Waals surface area contributed by atoms with Gasteiger partial charge in [0.05, 0.1) is 24.8 Å². The zero-order valence-corrected chi connectivity index (χ0v) is 30.6. The minimum Gasteiger partial charge on any atom is -0.494 e. The lowest BCUT2D eigenvalue weighted by Gasteiger charge is -2.27. The van der Waals surface area contributed by atoms with Crippen LogP contribution >= 0.6 is 7.26 Å². The lowest BCUT2D eigenvalue weighted by molar-refractivity contribution is 0.306. The summed E-state index contributed by atoms with van der Waals surface area (Å²) in [7, 11) is -4.20. The van der Waals surface area contributed by atoms with Crippen LogP contribution in [-0.2, 0) is 27.1 Å². The first-order valence-electron chi connectivity index (χ1n) is 17.1. The Morgan fingerprint density at radius 1 is 0.540 bits per heavy atom. The van der Waals surface area contributed by atoms with Gasteiger partial charge in [-0.05, 0) is 98.0 Å². The number of ether oxygens (including phenoxy) is 1. The van der Waals surface area contributed by atoms with Crippen LogP contribution in [0.15, 0.2) is 175 Å². The second kappa shape index (κ2) is 18.5. The summed E-state index contributed by atoms with van der Waals surface area (Å²) < 4.78 is 32.7. The quantitative estimate of drug-likeness (QED) is 0.0647. The third-order valence-electron chi connectivity index (χ3n) is 8.73. The summed E-state index contributed by atoms with van der Waals surface area (Å²) in [5, 5.41) is 4.30. The van der Waals surface area contributed by atoms with Gasteiger partial charge in [0.15, 0.2) is 0 Å². The van der Waals surface area contributed by atoms with Gasteiger partial charge in [-0.25, -0.2) is 0 Å². The van der Waals surface area contributed by atoms with Gasteiger partial charge in [0.25, 0.3) is 10.1 Å². The first-order valence-corrected chi connectivity index (χ1v) is 20.5. The van der Waals surface area contributed by atoms with E-state index in [9.17, 15) is 8.42 Å². The van der Waals surface area contributed by atoms with Crippen molar-refractivity contribution in [2.45, 2.75) is 37.5 Å². The lowest BCUT2D eigenvalue weighted by Crippen LogP contribution is -2.34. The molecule has 0 aliphatic heterocycles. The normalized spacial score (nSPS) is 11.3. The molecule has 6 rings (SSSR count). The summed E-state index contributed by atoms with van der Waals surface area (Å²) >= 11 is 0. The fraction of sp³-hybridized carbons (Fsp3) is 0.182. The highest BCUT2D eigenvalue weighted by molar-refractivity contribution is 7.95. The molecule has 0 aliphatic carbocycles. The molecule has 0 spiro atoms. The first-order chi connectivity index (χ1) is 24.4. The summed E-state index contributed by atoms with van der Waals surface area (Å²) in [4.78, 5) is 0.190. The Kier molecular flexibility index (Phi) is 13.6. The van der Waals surface area contributed by atoms with Gasteiger partial charge in [0.1, 0.15) is 28.9 Å². The minimum absolute atomic E-state index is 0.190. The van der Waals surface area contributed by atoms with Gasteiger partial charge in [-0.2, -0.15) is 8.42 Å². The molecule has 6 aromatic rings. The molecule has 0 saturated carbocycles. The van der Waals surface area contributed by atoms with Crippen LogP contribution in [0.5, 0.6) is 5.75 Å². The van der Waals surface area contributed by atoms with Gasteiger partial charge >= 0.3 is 0 Å². The van der Waals surface area contributed by atoms with E-state index in [2.05, 4.69) is 150 Å². The van der Waals surface area contributed by atoms with Crippen molar-refractivity contribution in [1.82, 2.24) is 0 Å². The molecule has 0 N–H and O–H groups in total. The van der Waals surface area contributed by atoms with Crippen LogP contribution < -0.4 is 20.7 Å². The first kappa shape index (κ1) is 36.7. The Bertz CT molecular complexity index is 1870. The lowest BCUT2D eigenvalue weighted by atomic mass is 10.1. The van der Waals surface area contributed by atoms with Gasteiger partial charge < -0.3 is 4.74 Å². The van der Waals surface area contributed by atoms with Gasteiger partial charge in [0, 0.05) is 6.42 Å². The van der Waals surface area contributed by atoms with Crippen LogP contribution in [0.25, 0.3) is 0 Å². The molecular weight excluding hydrogens is 656 g/mol. The Labute approximate surface area is 299 Å². The molecule has 0 amide bonds. The highest BCUT2D eigenvalue weighted by atomic mass is 32.2. The van der Waals surface area contributed by atoms with E-state index in [4.69, 9.17) is 4.74 Å². The molecule has 256 valence electrons. The van der Waals surface area contributed by atoms with Crippen molar-refractivity contribution < 1.29 is 17.3 Å². The SMILES string of the molecule is COS(=O)(=O)c1ccc(C)cc1.c1ccc(CCCCOc2cccc(CC[P+](c3ccccc3)(c3ccccc3)c3ccccc3)c2)cc1. The third-order valence-corrected chi connectivity index (χ3v) is 14.4. The molecule has 0 unspecified atom stereocenters. The zero-order chi connectivity index (χ0) is 35.1. The van der Waals surface area contributed by atoms with E-state index in [1.807, 2.05) is 6.92 Å². The van der Waals surface area contributed by atoms with Crippen molar-refractivity contribution in [3.8, 4) is 5.75 Å². The molecule has 4 nitrogen and oxygen atoms in total. The highest BCUT2D eigenvalue weighted by Crippen LogP contribution is 2.55. The molecule has 0 saturated heterocycles. The Hall–Kier alpha value is -4.54. The van der Waals surface area contributed by atoms with Crippen LogP contribution in [0.1, 0.15) is 29.5 Å². The number of hydrogen-bond donors (Lipinski definition) is 0. The monoisotopic (exact) mass is 701 g/mol. The van der Waals surface area contributed by atoms with Crippen molar-refractivity contribution in [2.75, 3.05) is 19.9 Å². The van der Waals surface area contributed by atoms with Crippen molar-refractivity contribution in [1.29, 1.82) is 0 Å². The fourth-order valence-electron chi connectivity index (χ4n) is 6.04. The average molecular weight is 702 g/mol. The molecule has 0 aromatic heterocycles. The molecule has 0 atom stereocenters. The maximum Gasteiger partial charge on any atom is 0.296 e. The summed E-state index contributed by atoms with van der Waals surface area (Å²) in [6, 6.07) is 59.3. The molecule has 0 fully saturated rings. The molecule has 6 heteroatoms. The van der Waals surface area contributed by atoms with Crippen molar-refractivity contribution in [3.63, 3.8) is 0 Å². The van der Waals surface area contributed by atoms with E-state index in [1.165, 1.54) is 39.2 Å². The molecule has 6 aromatic carbocycles. The predicted molar refractivity (Wildman–Crippen MR) is 210 cm³/mol. The van der Waals surface area contributed by atoms with Crippen LogP contribution in [0, 0.1) is 6.92 Å². The maximum atomic E-state index is 11.1. The topological polar surface area (TPSA) is 52.6 Å². The number of aryl methyl sites for hydroxylation is 3. The van der Waals surface area contributed by atoms with Gasteiger partial charge in [-0.1, -0.05) is 115 Å². The smallest absolute Gasteiger partial charge is 0.296 e. The molecule has 50 heavy (non-hydrogen) atoms. The summed E-state index contributed by atoms with van der Waals surface area (Å²) in [6.45, 7) is 2.65. The molecular formula is C44H46O4PS+. The van der Waals surface area contributed by atoms with E-state index in [1.54, 1.807) is 12.1 Å². The second-order valence-corrected chi connectivity index (χ2v) is 17.5. The van der Waals surface area contributed by atoms with Crippen molar-refractivity contribution in [2.24, 2.45) is 0 Å². The van der Waals surface area contributed by atoms with E-state index >= 15 is 0 Å². The zero-order valence-electron chi connectivity index (χ0n) is 28.9. The highest BCUT2D eigenvalue weighted by Gasteiger charge is 2.44. The Morgan fingerprint density at radius 3 is 1.56 bits per heavy atom.